The molecule has 0 unspecified atom stereocenters. The van der Waals surface area contributed by atoms with Crippen LogP contribution in [-0.4, -0.2) is 28.9 Å². The van der Waals surface area contributed by atoms with Gasteiger partial charge in [-0.05, 0) is 19.8 Å². The zero-order valence-electron chi connectivity index (χ0n) is 15.5. The van der Waals surface area contributed by atoms with E-state index in [1.807, 2.05) is 44.2 Å². The van der Waals surface area contributed by atoms with Gasteiger partial charge in [-0.15, -0.1) is 0 Å². The fourth-order valence-electron chi connectivity index (χ4n) is 2.41. The van der Waals surface area contributed by atoms with Gasteiger partial charge in [0.05, 0.1) is 12.2 Å². The highest BCUT2D eigenvalue weighted by atomic mass is 16.4. The second-order valence-electron chi connectivity index (χ2n) is 6.68. The molecular weight excluding hydrogens is 332 g/mol. The first-order valence-corrected chi connectivity index (χ1v) is 8.67. The molecule has 0 aliphatic heterocycles. The van der Waals surface area contributed by atoms with Crippen molar-refractivity contribution in [3.05, 3.63) is 42.4 Å². The number of hydrogen-bond donors (Lipinski definition) is 3. The molecule has 0 aliphatic carbocycles. The lowest BCUT2D eigenvalue weighted by Gasteiger charge is -2.24. The second-order valence-corrected chi connectivity index (χ2v) is 6.68. The lowest BCUT2D eigenvalue weighted by Crippen LogP contribution is -2.53. The van der Waals surface area contributed by atoms with Crippen molar-refractivity contribution in [3.63, 3.8) is 0 Å². The van der Waals surface area contributed by atoms with Crippen molar-refractivity contribution >= 4 is 11.8 Å². The minimum absolute atomic E-state index is 0.0886. The zero-order valence-corrected chi connectivity index (χ0v) is 15.5. The maximum atomic E-state index is 12.6. The highest BCUT2D eigenvalue weighted by Gasteiger charge is 2.27. The predicted octanol–water partition coefficient (Wildman–Crippen LogP) is 2.01. The molecular formula is C19H26N4O3. The molecule has 1 aromatic carbocycles. The summed E-state index contributed by atoms with van der Waals surface area (Å²) in [5.74, 6) is 0.273. The van der Waals surface area contributed by atoms with Gasteiger partial charge in [0.2, 0.25) is 17.7 Å². The topological polar surface area (TPSA) is 110 Å². The van der Waals surface area contributed by atoms with Gasteiger partial charge in [0.1, 0.15) is 12.1 Å². The second kappa shape index (κ2) is 8.62. The van der Waals surface area contributed by atoms with Gasteiger partial charge in [-0.1, -0.05) is 44.2 Å². The summed E-state index contributed by atoms with van der Waals surface area (Å²) in [7, 11) is 0. The highest BCUT2D eigenvalue weighted by Crippen LogP contribution is 2.22. The molecule has 3 atom stereocenters. The van der Waals surface area contributed by atoms with Crippen LogP contribution >= 0.6 is 0 Å². The number of aromatic nitrogens is 1. The standard InChI is InChI=1S/C19H26N4O3/c1-11(2)16(23-17(24)12(3)20)18(25)22-13(4)19-21-10-15(26-19)14-8-6-5-7-9-14/h5-13,16H,20H2,1-4H3,(H,22,25)(H,23,24)/t12-,13-,16-/m0/s1. The molecule has 0 radical (unpaired) electrons. The van der Waals surface area contributed by atoms with E-state index in [4.69, 9.17) is 10.2 Å². The van der Waals surface area contributed by atoms with Crippen LogP contribution in [0.25, 0.3) is 11.3 Å². The Morgan fingerprint density at radius 1 is 1.04 bits per heavy atom. The van der Waals surface area contributed by atoms with Crippen molar-refractivity contribution in [1.82, 2.24) is 15.6 Å². The fraction of sp³-hybridized carbons (Fsp3) is 0.421. The number of benzene rings is 1. The predicted molar refractivity (Wildman–Crippen MR) is 98.9 cm³/mol. The van der Waals surface area contributed by atoms with E-state index in [0.29, 0.717) is 11.7 Å². The van der Waals surface area contributed by atoms with Gasteiger partial charge in [-0.25, -0.2) is 4.98 Å². The molecule has 0 bridgehead atoms. The smallest absolute Gasteiger partial charge is 0.243 e. The van der Waals surface area contributed by atoms with Crippen LogP contribution in [0.1, 0.15) is 39.6 Å². The Morgan fingerprint density at radius 3 is 2.27 bits per heavy atom. The normalized spacial score (nSPS) is 14.5. The molecule has 26 heavy (non-hydrogen) atoms. The van der Waals surface area contributed by atoms with E-state index in [-0.39, 0.29) is 17.7 Å². The van der Waals surface area contributed by atoms with Crippen LogP contribution in [0.4, 0.5) is 0 Å². The van der Waals surface area contributed by atoms with Crippen LogP contribution in [-0.2, 0) is 9.59 Å². The number of amides is 2. The summed E-state index contributed by atoms with van der Waals surface area (Å²) >= 11 is 0. The molecule has 1 aromatic heterocycles. The summed E-state index contributed by atoms with van der Waals surface area (Å²) in [6, 6.07) is 7.80. The van der Waals surface area contributed by atoms with Crippen LogP contribution in [0, 0.1) is 5.92 Å². The van der Waals surface area contributed by atoms with Crippen LogP contribution in [0.15, 0.2) is 40.9 Å². The number of oxazole rings is 1. The van der Waals surface area contributed by atoms with Crippen molar-refractivity contribution in [2.45, 2.75) is 45.8 Å². The van der Waals surface area contributed by atoms with Crippen molar-refractivity contribution in [1.29, 1.82) is 0 Å². The van der Waals surface area contributed by atoms with Gasteiger partial charge in [0.15, 0.2) is 5.76 Å². The number of carbonyl (C=O) groups is 2. The summed E-state index contributed by atoms with van der Waals surface area (Å²) in [6.45, 7) is 7.07. The van der Waals surface area contributed by atoms with Gasteiger partial charge in [-0.3, -0.25) is 9.59 Å². The molecule has 0 spiro atoms. The average molecular weight is 358 g/mol. The Hall–Kier alpha value is -2.67. The summed E-state index contributed by atoms with van der Waals surface area (Å²) in [6.07, 6.45) is 1.63. The molecule has 2 amide bonds. The lowest BCUT2D eigenvalue weighted by atomic mass is 10.0. The third-order valence-corrected chi connectivity index (χ3v) is 3.97. The molecule has 4 N–H and O–H groups in total. The first-order valence-electron chi connectivity index (χ1n) is 8.67. The van der Waals surface area contributed by atoms with Gasteiger partial charge in [0.25, 0.3) is 0 Å². The van der Waals surface area contributed by atoms with E-state index >= 15 is 0 Å². The highest BCUT2D eigenvalue weighted by molar-refractivity contribution is 5.89. The molecule has 0 saturated carbocycles. The van der Waals surface area contributed by atoms with E-state index in [1.54, 1.807) is 20.0 Å². The Morgan fingerprint density at radius 2 is 1.69 bits per heavy atom. The van der Waals surface area contributed by atoms with E-state index in [9.17, 15) is 9.59 Å². The van der Waals surface area contributed by atoms with Gasteiger partial charge < -0.3 is 20.8 Å². The fourth-order valence-corrected chi connectivity index (χ4v) is 2.41. The molecule has 0 aliphatic rings. The molecule has 2 aromatic rings. The Bertz CT molecular complexity index is 740. The summed E-state index contributed by atoms with van der Waals surface area (Å²) in [5, 5.41) is 5.51. The SMILES string of the molecule is CC(C)[C@H](NC(=O)[C@H](C)N)C(=O)N[C@@H](C)c1ncc(-c2ccccc2)o1. The molecule has 2 rings (SSSR count). The monoisotopic (exact) mass is 358 g/mol. The van der Waals surface area contributed by atoms with Crippen molar-refractivity contribution < 1.29 is 14.0 Å². The van der Waals surface area contributed by atoms with Crippen LogP contribution in [0.3, 0.4) is 0 Å². The maximum absolute atomic E-state index is 12.6. The van der Waals surface area contributed by atoms with Gasteiger partial charge >= 0.3 is 0 Å². The molecule has 140 valence electrons. The minimum Gasteiger partial charge on any atom is -0.438 e. The van der Waals surface area contributed by atoms with Crippen molar-refractivity contribution in [2.75, 3.05) is 0 Å². The minimum atomic E-state index is -0.681. The number of hydrogen-bond acceptors (Lipinski definition) is 5. The van der Waals surface area contributed by atoms with Crippen molar-refractivity contribution in [2.24, 2.45) is 11.7 Å². The Kier molecular flexibility index (Phi) is 6.52. The maximum Gasteiger partial charge on any atom is 0.243 e. The summed E-state index contributed by atoms with van der Waals surface area (Å²) in [5.41, 5.74) is 6.48. The molecule has 0 saturated heterocycles. The number of carbonyl (C=O) groups excluding carboxylic acids is 2. The average Bonchev–Trinajstić information content (AvgIpc) is 3.09. The van der Waals surface area contributed by atoms with E-state index < -0.39 is 18.1 Å². The van der Waals surface area contributed by atoms with E-state index in [2.05, 4.69) is 15.6 Å². The van der Waals surface area contributed by atoms with Gasteiger partial charge in [0, 0.05) is 5.56 Å². The number of rotatable bonds is 7. The molecule has 0 fully saturated rings. The van der Waals surface area contributed by atoms with Crippen LogP contribution in [0.2, 0.25) is 0 Å². The number of nitrogens with two attached hydrogens (primary N) is 1. The molecule has 7 nitrogen and oxygen atoms in total. The van der Waals surface area contributed by atoms with E-state index in [1.165, 1.54) is 0 Å². The zero-order chi connectivity index (χ0) is 19.3. The van der Waals surface area contributed by atoms with Crippen LogP contribution < -0.4 is 16.4 Å². The third kappa shape index (κ3) is 4.92. The first kappa shape index (κ1) is 19.7. The number of nitrogens with one attached hydrogen (secondary N) is 2. The Labute approximate surface area is 153 Å². The Balaban J connectivity index is 2.05. The molecule has 7 heteroatoms. The quantitative estimate of drug-likeness (QED) is 0.701. The number of nitrogens with zero attached hydrogens (tertiary/aromatic N) is 1. The van der Waals surface area contributed by atoms with Gasteiger partial charge in [-0.2, -0.15) is 0 Å². The first-order chi connectivity index (χ1) is 12.3. The summed E-state index contributed by atoms with van der Waals surface area (Å²) < 4.78 is 5.76. The van der Waals surface area contributed by atoms with Crippen LogP contribution in [0.5, 0.6) is 0 Å². The largest absolute Gasteiger partial charge is 0.438 e. The van der Waals surface area contributed by atoms with Crippen molar-refractivity contribution in [3.8, 4) is 11.3 Å². The molecule has 1 heterocycles. The van der Waals surface area contributed by atoms with E-state index in [0.717, 1.165) is 5.56 Å². The third-order valence-electron chi connectivity index (χ3n) is 3.97. The summed E-state index contributed by atoms with van der Waals surface area (Å²) in [4.78, 5) is 28.6. The lowest BCUT2D eigenvalue weighted by molar-refractivity contribution is -0.131.